The van der Waals surface area contributed by atoms with Crippen molar-refractivity contribution in [3.8, 4) is 11.5 Å². The second-order valence-electron chi connectivity index (χ2n) is 6.83. The standard InChI is InChI=1S/C24H24N2O3/c1-17-13-14-20(15-18(17)2)26(19(3)27)16-24(28)25-22-11-7-8-12-23(22)29-21-9-5-4-6-10-21/h4-15H,16H2,1-3H3,(H,25,28). The highest BCUT2D eigenvalue weighted by molar-refractivity contribution is 6.02. The molecule has 0 saturated heterocycles. The van der Waals surface area contributed by atoms with Gasteiger partial charge in [0.2, 0.25) is 11.8 Å². The number of hydrogen-bond acceptors (Lipinski definition) is 3. The highest BCUT2D eigenvalue weighted by Gasteiger charge is 2.17. The molecule has 3 aromatic carbocycles. The number of nitrogens with one attached hydrogen (secondary N) is 1. The summed E-state index contributed by atoms with van der Waals surface area (Å²) in [7, 11) is 0. The molecule has 0 heterocycles. The van der Waals surface area contributed by atoms with Gasteiger partial charge in [-0.15, -0.1) is 0 Å². The Morgan fingerprint density at radius 1 is 0.897 bits per heavy atom. The number of amides is 2. The van der Waals surface area contributed by atoms with Crippen molar-refractivity contribution in [1.29, 1.82) is 0 Å². The summed E-state index contributed by atoms with van der Waals surface area (Å²) in [5.41, 5.74) is 3.44. The van der Waals surface area contributed by atoms with E-state index in [1.54, 1.807) is 12.1 Å². The molecule has 0 bridgehead atoms. The van der Waals surface area contributed by atoms with Crippen molar-refractivity contribution in [2.45, 2.75) is 20.8 Å². The second-order valence-corrected chi connectivity index (χ2v) is 6.83. The molecule has 3 rings (SSSR count). The third-order valence-corrected chi connectivity index (χ3v) is 4.62. The molecule has 0 aliphatic rings. The molecular formula is C24H24N2O3. The van der Waals surface area contributed by atoms with Crippen molar-refractivity contribution in [3.05, 3.63) is 83.9 Å². The third kappa shape index (κ3) is 5.23. The molecule has 29 heavy (non-hydrogen) atoms. The average Bonchev–Trinajstić information content (AvgIpc) is 2.70. The quantitative estimate of drug-likeness (QED) is 0.640. The Kier molecular flexibility index (Phi) is 6.29. The summed E-state index contributed by atoms with van der Waals surface area (Å²) >= 11 is 0. The Balaban J connectivity index is 1.75. The van der Waals surface area contributed by atoms with E-state index in [9.17, 15) is 9.59 Å². The number of rotatable bonds is 6. The molecule has 0 atom stereocenters. The van der Waals surface area contributed by atoms with Crippen LogP contribution in [0.25, 0.3) is 0 Å². The Hall–Kier alpha value is -3.60. The molecule has 3 aromatic rings. The van der Waals surface area contributed by atoms with Gasteiger partial charge in [0.15, 0.2) is 5.75 Å². The molecule has 0 aromatic heterocycles. The summed E-state index contributed by atoms with van der Waals surface area (Å²) in [5, 5.41) is 2.85. The van der Waals surface area contributed by atoms with Crippen molar-refractivity contribution in [2.75, 3.05) is 16.8 Å². The Morgan fingerprint density at radius 3 is 2.28 bits per heavy atom. The summed E-state index contributed by atoms with van der Waals surface area (Å²) in [6.07, 6.45) is 0. The average molecular weight is 388 g/mol. The van der Waals surface area contributed by atoms with Crippen LogP contribution in [0.5, 0.6) is 11.5 Å². The minimum absolute atomic E-state index is 0.0858. The van der Waals surface area contributed by atoms with Crippen LogP contribution in [0, 0.1) is 13.8 Å². The predicted molar refractivity (Wildman–Crippen MR) is 116 cm³/mol. The van der Waals surface area contributed by atoms with Gasteiger partial charge < -0.3 is 15.0 Å². The van der Waals surface area contributed by atoms with Crippen molar-refractivity contribution >= 4 is 23.2 Å². The van der Waals surface area contributed by atoms with Gasteiger partial charge in [-0.1, -0.05) is 36.4 Å². The van der Waals surface area contributed by atoms with Gasteiger partial charge in [-0.2, -0.15) is 0 Å². The number of benzene rings is 3. The van der Waals surface area contributed by atoms with E-state index in [0.29, 0.717) is 22.9 Å². The number of carbonyl (C=O) groups is 2. The zero-order valence-corrected chi connectivity index (χ0v) is 16.8. The number of anilines is 2. The van der Waals surface area contributed by atoms with Crippen LogP contribution in [0.15, 0.2) is 72.8 Å². The van der Waals surface area contributed by atoms with E-state index in [-0.39, 0.29) is 18.4 Å². The lowest BCUT2D eigenvalue weighted by molar-refractivity contribution is -0.120. The molecule has 0 radical (unpaired) electrons. The van der Waals surface area contributed by atoms with Crippen LogP contribution in [0.2, 0.25) is 0 Å². The minimum atomic E-state index is -0.303. The smallest absolute Gasteiger partial charge is 0.244 e. The first-order valence-corrected chi connectivity index (χ1v) is 9.41. The van der Waals surface area contributed by atoms with E-state index in [0.717, 1.165) is 11.1 Å². The Bertz CT molecular complexity index is 1020. The van der Waals surface area contributed by atoms with Gasteiger partial charge in [-0.25, -0.2) is 0 Å². The fraction of sp³-hybridized carbons (Fsp3) is 0.167. The van der Waals surface area contributed by atoms with Crippen LogP contribution < -0.4 is 15.0 Å². The molecule has 0 unspecified atom stereocenters. The summed E-state index contributed by atoms with van der Waals surface area (Å²) in [5.74, 6) is 0.710. The van der Waals surface area contributed by atoms with Gasteiger partial charge >= 0.3 is 0 Å². The van der Waals surface area contributed by atoms with Gasteiger partial charge in [0.05, 0.1) is 5.69 Å². The largest absolute Gasteiger partial charge is 0.455 e. The predicted octanol–water partition coefficient (Wildman–Crippen LogP) is 5.09. The fourth-order valence-electron chi connectivity index (χ4n) is 2.89. The zero-order chi connectivity index (χ0) is 20.8. The maximum absolute atomic E-state index is 12.7. The topological polar surface area (TPSA) is 58.6 Å². The van der Waals surface area contributed by atoms with Crippen molar-refractivity contribution in [1.82, 2.24) is 0 Å². The molecule has 0 aliphatic heterocycles. The molecule has 5 heteroatoms. The van der Waals surface area contributed by atoms with E-state index < -0.39 is 0 Å². The number of para-hydroxylation sites is 3. The van der Waals surface area contributed by atoms with E-state index in [1.165, 1.54) is 11.8 Å². The SMILES string of the molecule is CC(=O)N(CC(=O)Nc1ccccc1Oc1ccccc1)c1ccc(C)c(C)c1. The van der Waals surface area contributed by atoms with Crippen molar-refractivity contribution < 1.29 is 14.3 Å². The van der Waals surface area contributed by atoms with Crippen LogP contribution in [0.4, 0.5) is 11.4 Å². The van der Waals surface area contributed by atoms with Crippen LogP contribution >= 0.6 is 0 Å². The second kappa shape index (κ2) is 9.06. The normalized spacial score (nSPS) is 10.3. The van der Waals surface area contributed by atoms with Crippen LogP contribution in [-0.4, -0.2) is 18.4 Å². The molecule has 0 fully saturated rings. The molecule has 0 aliphatic carbocycles. The number of carbonyl (C=O) groups excluding carboxylic acids is 2. The summed E-state index contributed by atoms with van der Waals surface area (Å²) in [6, 6.07) is 22.3. The Morgan fingerprint density at radius 2 is 1.59 bits per heavy atom. The number of ether oxygens (including phenoxy) is 1. The first-order chi connectivity index (χ1) is 13.9. The molecule has 0 saturated carbocycles. The summed E-state index contributed by atoms with van der Waals surface area (Å²) < 4.78 is 5.88. The van der Waals surface area contributed by atoms with Crippen molar-refractivity contribution in [2.24, 2.45) is 0 Å². The molecular weight excluding hydrogens is 364 g/mol. The maximum atomic E-state index is 12.7. The number of hydrogen-bond donors (Lipinski definition) is 1. The van der Waals surface area contributed by atoms with Crippen LogP contribution in [0.1, 0.15) is 18.1 Å². The highest BCUT2D eigenvalue weighted by Crippen LogP contribution is 2.29. The first kappa shape index (κ1) is 20.1. The van der Waals surface area contributed by atoms with Gasteiger partial charge in [0.1, 0.15) is 12.3 Å². The Labute approximate surface area is 170 Å². The third-order valence-electron chi connectivity index (χ3n) is 4.62. The molecule has 1 N–H and O–H groups in total. The van der Waals surface area contributed by atoms with E-state index in [4.69, 9.17) is 4.74 Å². The van der Waals surface area contributed by atoms with Crippen molar-refractivity contribution in [3.63, 3.8) is 0 Å². The van der Waals surface area contributed by atoms with E-state index in [1.807, 2.05) is 74.5 Å². The summed E-state index contributed by atoms with van der Waals surface area (Å²) in [6.45, 7) is 5.36. The van der Waals surface area contributed by atoms with Gasteiger partial charge in [-0.3, -0.25) is 9.59 Å². The lowest BCUT2D eigenvalue weighted by Gasteiger charge is -2.22. The lowest BCUT2D eigenvalue weighted by atomic mass is 10.1. The van der Waals surface area contributed by atoms with E-state index in [2.05, 4.69) is 5.32 Å². The lowest BCUT2D eigenvalue weighted by Crippen LogP contribution is -2.36. The van der Waals surface area contributed by atoms with Crippen LogP contribution in [-0.2, 0) is 9.59 Å². The van der Waals surface area contributed by atoms with Gasteiger partial charge in [0, 0.05) is 12.6 Å². The number of nitrogens with zero attached hydrogens (tertiary/aromatic N) is 1. The maximum Gasteiger partial charge on any atom is 0.244 e. The number of aryl methyl sites for hydroxylation is 2. The molecule has 5 nitrogen and oxygen atoms in total. The van der Waals surface area contributed by atoms with Gasteiger partial charge in [-0.05, 0) is 61.4 Å². The first-order valence-electron chi connectivity index (χ1n) is 9.41. The van der Waals surface area contributed by atoms with Crippen LogP contribution in [0.3, 0.4) is 0 Å². The monoisotopic (exact) mass is 388 g/mol. The van der Waals surface area contributed by atoms with Gasteiger partial charge in [0.25, 0.3) is 0 Å². The summed E-state index contributed by atoms with van der Waals surface area (Å²) in [4.78, 5) is 26.3. The molecule has 0 spiro atoms. The highest BCUT2D eigenvalue weighted by atomic mass is 16.5. The zero-order valence-electron chi connectivity index (χ0n) is 16.8. The van der Waals surface area contributed by atoms with E-state index >= 15 is 0 Å². The molecule has 148 valence electrons. The minimum Gasteiger partial charge on any atom is -0.455 e. The fourth-order valence-corrected chi connectivity index (χ4v) is 2.89. The molecule has 2 amide bonds.